The molecule has 0 saturated heterocycles. The highest BCUT2D eigenvalue weighted by Gasteiger charge is 2.45. The lowest BCUT2D eigenvalue weighted by atomic mass is 10.0. The van der Waals surface area contributed by atoms with Crippen LogP contribution in [0, 0.1) is 0 Å². The molecule has 1 fully saturated rings. The number of nitrogens with one attached hydrogen (secondary N) is 2. The number of amides is 1. The molecule has 7 nitrogen and oxygen atoms in total. The topological polar surface area (TPSA) is 119 Å². The number of anilines is 2. The molecule has 6 N–H and O–H groups in total. The predicted octanol–water partition coefficient (Wildman–Crippen LogP) is 1.94. The van der Waals surface area contributed by atoms with Crippen molar-refractivity contribution in [1.82, 2.24) is 9.97 Å². The fraction of sp³-hybridized carbons (Fsp3) is 0.500. The summed E-state index contributed by atoms with van der Waals surface area (Å²) in [5, 5.41) is 6.61. The second kappa shape index (κ2) is 6.84. The van der Waals surface area contributed by atoms with Gasteiger partial charge < -0.3 is 22.1 Å². The van der Waals surface area contributed by atoms with Gasteiger partial charge in [-0.3, -0.25) is 4.79 Å². The molecule has 2 unspecified atom stereocenters. The van der Waals surface area contributed by atoms with E-state index in [1.54, 1.807) is 0 Å². The van der Waals surface area contributed by atoms with Gasteiger partial charge in [0.05, 0.1) is 5.56 Å². The highest BCUT2D eigenvalue weighted by Crippen LogP contribution is 2.38. The Morgan fingerprint density at radius 2 is 2.24 bits per heavy atom. The Balaban J connectivity index is 1.81. The summed E-state index contributed by atoms with van der Waals surface area (Å²) < 4.78 is 0. The Hall–Kier alpha value is -2.41. The van der Waals surface area contributed by atoms with Gasteiger partial charge >= 0.3 is 0 Å². The van der Waals surface area contributed by atoms with Gasteiger partial charge in [-0.25, -0.2) is 4.98 Å². The Bertz CT molecular complexity index is 722. The van der Waals surface area contributed by atoms with Crippen LogP contribution in [0.5, 0.6) is 0 Å². The molecule has 1 aromatic rings. The van der Waals surface area contributed by atoms with Crippen LogP contribution in [-0.2, 0) is 0 Å². The molecule has 3 rings (SSSR count). The number of hydrogen-bond donors (Lipinski definition) is 4. The second-order valence-corrected chi connectivity index (χ2v) is 7.01. The maximum atomic E-state index is 11.7. The van der Waals surface area contributed by atoms with Gasteiger partial charge in [0.1, 0.15) is 5.82 Å². The number of carbonyl (C=O) groups is 1. The minimum atomic E-state index is -0.550. The molecule has 0 aliphatic heterocycles. The molecule has 0 spiro atoms. The number of rotatable bonds is 7. The third kappa shape index (κ3) is 3.99. The first-order valence-electron chi connectivity index (χ1n) is 8.74. The lowest BCUT2D eigenvalue weighted by Gasteiger charge is -2.24. The number of aromatic nitrogens is 2. The first kappa shape index (κ1) is 17.4. The van der Waals surface area contributed by atoms with E-state index in [1.165, 1.54) is 11.8 Å². The molecular weight excluding hydrogens is 316 g/mol. The number of allylic oxidation sites excluding steroid dienone is 2. The zero-order valence-corrected chi connectivity index (χ0v) is 14.7. The maximum absolute atomic E-state index is 11.7. The van der Waals surface area contributed by atoms with Gasteiger partial charge in [-0.15, -0.1) is 0 Å². The van der Waals surface area contributed by atoms with Crippen LogP contribution in [0.3, 0.4) is 0 Å². The summed E-state index contributed by atoms with van der Waals surface area (Å²) in [7, 11) is 0. The second-order valence-electron chi connectivity index (χ2n) is 7.01. The average molecular weight is 342 g/mol. The van der Waals surface area contributed by atoms with E-state index in [0.717, 1.165) is 25.7 Å². The molecule has 0 aromatic carbocycles. The largest absolute Gasteiger partial charge is 0.365 e. The van der Waals surface area contributed by atoms with Crippen LogP contribution in [-0.4, -0.2) is 33.5 Å². The molecule has 1 aromatic heterocycles. The molecule has 7 heteroatoms. The highest BCUT2D eigenvalue weighted by molar-refractivity contribution is 5.97. The van der Waals surface area contributed by atoms with Crippen molar-refractivity contribution in [2.75, 3.05) is 10.6 Å². The fourth-order valence-electron chi connectivity index (χ4n) is 3.15. The Morgan fingerprint density at radius 3 is 2.84 bits per heavy atom. The normalized spacial score (nSPS) is 22.0. The Kier molecular flexibility index (Phi) is 4.76. The molecule has 1 amide bonds. The first-order valence-corrected chi connectivity index (χ1v) is 8.74. The summed E-state index contributed by atoms with van der Waals surface area (Å²) in [6.07, 6.45) is 11.3. The average Bonchev–Trinajstić information content (AvgIpc) is 3.31. The third-order valence-electron chi connectivity index (χ3n) is 4.88. The van der Waals surface area contributed by atoms with Gasteiger partial charge in [0.15, 0.2) is 0 Å². The van der Waals surface area contributed by atoms with E-state index in [4.69, 9.17) is 11.5 Å². The van der Waals surface area contributed by atoms with Crippen molar-refractivity contribution in [1.29, 1.82) is 0 Å². The van der Waals surface area contributed by atoms with Crippen LogP contribution in [0.25, 0.3) is 0 Å². The van der Waals surface area contributed by atoms with Crippen molar-refractivity contribution >= 4 is 17.7 Å². The van der Waals surface area contributed by atoms with E-state index in [1.807, 2.05) is 12.2 Å². The standard InChI is InChI=1S/C18H26N6O/c1-3-14(18(20)7-8-18)23-17-21-10-13(15(19)25)16(24-17)22-12-6-4-5-11(2)9-12/h4-6,10,12,14H,3,7-9,20H2,1-2H3,(H2,19,25)(H2,21,22,23,24). The van der Waals surface area contributed by atoms with E-state index < -0.39 is 5.91 Å². The van der Waals surface area contributed by atoms with E-state index >= 15 is 0 Å². The van der Waals surface area contributed by atoms with E-state index in [-0.39, 0.29) is 23.2 Å². The van der Waals surface area contributed by atoms with Crippen LogP contribution < -0.4 is 22.1 Å². The molecule has 2 atom stereocenters. The van der Waals surface area contributed by atoms with Crippen LogP contribution >= 0.6 is 0 Å². The summed E-state index contributed by atoms with van der Waals surface area (Å²) >= 11 is 0. The van der Waals surface area contributed by atoms with E-state index in [9.17, 15) is 4.79 Å². The minimum absolute atomic E-state index is 0.0668. The van der Waals surface area contributed by atoms with E-state index in [0.29, 0.717) is 11.8 Å². The summed E-state index contributed by atoms with van der Waals surface area (Å²) in [5.41, 5.74) is 13.2. The number of hydrogen-bond acceptors (Lipinski definition) is 6. The van der Waals surface area contributed by atoms with Gasteiger partial charge in [-0.05, 0) is 32.6 Å². The minimum Gasteiger partial charge on any atom is -0.365 e. The van der Waals surface area contributed by atoms with Gasteiger partial charge in [0, 0.05) is 23.8 Å². The summed E-state index contributed by atoms with van der Waals surface area (Å²) in [6, 6.07) is 0.177. The molecule has 1 saturated carbocycles. The lowest BCUT2D eigenvalue weighted by Crippen LogP contribution is -2.42. The molecule has 134 valence electrons. The summed E-state index contributed by atoms with van der Waals surface area (Å²) in [4.78, 5) is 20.5. The van der Waals surface area contributed by atoms with Crippen molar-refractivity contribution in [3.8, 4) is 0 Å². The van der Waals surface area contributed by atoms with Crippen LogP contribution in [0.1, 0.15) is 49.9 Å². The number of primary amides is 1. The van der Waals surface area contributed by atoms with Crippen LogP contribution in [0.15, 0.2) is 30.0 Å². The lowest BCUT2D eigenvalue weighted by molar-refractivity contribution is 0.100. The molecule has 2 aliphatic carbocycles. The van der Waals surface area contributed by atoms with Gasteiger partial charge in [-0.1, -0.05) is 30.7 Å². The SMILES string of the molecule is CCC(Nc1ncc(C(N)=O)c(NC2C=CC=C(C)C2)n1)C1(N)CC1. The molecule has 0 bridgehead atoms. The zero-order valence-electron chi connectivity index (χ0n) is 14.7. The Labute approximate surface area is 148 Å². The van der Waals surface area contributed by atoms with Crippen LogP contribution in [0.2, 0.25) is 0 Å². The van der Waals surface area contributed by atoms with E-state index in [2.05, 4.69) is 40.5 Å². The molecule has 25 heavy (non-hydrogen) atoms. The first-order chi connectivity index (χ1) is 11.9. The fourth-order valence-corrected chi connectivity index (χ4v) is 3.15. The van der Waals surface area contributed by atoms with Crippen molar-refractivity contribution in [3.63, 3.8) is 0 Å². The van der Waals surface area contributed by atoms with Crippen LogP contribution in [0.4, 0.5) is 11.8 Å². The van der Waals surface area contributed by atoms with Crippen molar-refractivity contribution in [3.05, 3.63) is 35.6 Å². The van der Waals surface area contributed by atoms with Crippen molar-refractivity contribution in [2.45, 2.75) is 57.2 Å². The summed E-state index contributed by atoms with van der Waals surface area (Å²) in [5.74, 6) is 0.361. The molecule has 2 aliphatic rings. The zero-order chi connectivity index (χ0) is 18.0. The van der Waals surface area contributed by atoms with Crippen molar-refractivity contribution < 1.29 is 4.79 Å². The number of nitrogens with two attached hydrogens (primary N) is 2. The number of carbonyl (C=O) groups excluding carboxylic acids is 1. The monoisotopic (exact) mass is 342 g/mol. The van der Waals surface area contributed by atoms with Crippen molar-refractivity contribution in [2.24, 2.45) is 11.5 Å². The van der Waals surface area contributed by atoms with Gasteiger partial charge in [-0.2, -0.15) is 4.98 Å². The maximum Gasteiger partial charge on any atom is 0.254 e. The quantitative estimate of drug-likeness (QED) is 0.601. The van der Waals surface area contributed by atoms with Gasteiger partial charge in [0.2, 0.25) is 5.95 Å². The number of nitrogens with zero attached hydrogens (tertiary/aromatic N) is 2. The molecular formula is C18H26N6O. The molecule has 0 radical (unpaired) electrons. The smallest absolute Gasteiger partial charge is 0.254 e. The predicted molar refractivity (Wildman–Crippen MR) is 99.3 cm³/mol. The third-order valence-corrected chi connectivity index (χ3v) is 4.88. The van der Waals surface area contributed by atoms with Gasteiger partial charge in [0.25, 0.3) is 5.91 Å². The molecule has 1 heterocycles. The summed E-state index contributed by atoms with van der Waals surface area (Å²) in [6.45, 7) is 4.16. The highest BCUT2D eigenvalue weighted by atomic mass is 16.1. The Morgan fingerprint density at radius 1 is 1.48 bits per heavy atom.